The molecule has 1 atom stereocenters. The van der Waals surface area contributed by atoms with Gasteiger partial charge in [-0.1, -0.05) is 20.8 Å². The van der Waals surface area contributed by atoms with Crippen molar-refractivity contribution in [1.29, 1.82) is 0 Å². The van der Waals surface area contributed by atoms with Crippen LogP contribution in [0.3, 0.4) is 0 Å². The lowest BCUT2D eigenvalue weighted by Gasteiger charge is -2.15. The van der Waals surface area contributed by atoms with Crippen LogP contribution in [0.4, 0.5) is 0 Å². The summed E-state index contributed by atoms with van der Waals surface area (Å²) in [5.74, 6) is 1.08. The van der Waals surface area contributed by atoms with E-state index in [-0.39, 0.29) is 0 Å². The molecule has 0 aliphatic heterocycles. The summed E-state index contributed by atoms with van der Waals surface area (Å²) in [7, 11) is 0. The zero-order valence-electron chi connectivity index (χ0n) is 9.94. The zero-order chi connectivity index (χ0) is 11.5. The van der Waals surface area contributed by atoms with Crippen molar-refractivity contribution in [2.45, 2.75) is 26.7 Å². The normalized spacial score (nSPS) is 13.0. The van der Waals surface area contributed by atoms with Gasteiger partial charge in [-0.25, -0.2) is 0 Å². The summed E-state index contributed by atoms with van der Waals surface area (Å²) in [6.45, 7) is 6.65. The van der Waals surface area contributed by atoms with Crippen LogP contribution in [0.25, 0.3) is 11.1 Å². The van der Waals surface area contributed by atoms with Crippen LogP contribution < -0.4 is 0 Å². The smallest absolute Gasteiger partial charge is 0.0565 e. The van der Waals surface area contributed by atoms with Crippen molar-refractivity contribution in [2.75, 3.05) is 0 Å². The summed E-state index contributed by atoms with van der Waals surface area (Å²) in [6, 6.07) is 4.16. The molecule has 3 heteroatoms. The minimum absolute atomic E-state index is 0.479. The predicted octanol–water partition coefficient (Wildman–Crippen LogP) is 3.23. The van der Waals surface area contributed by atoms with Crippen LogP contribution in [0.2, 0.25) is 0 Å². The van der Waals surface area contributed by atoms with E-state index in [0.717, 1.165) is 11.3 Å². The summed E-state index contributed by atoms with van der Waals surface area (Å²) in [5, 5.41) is 6.79. The minimum atomic E-state index is 0.479. The molecule has 2 aromatic rings. The fourth-order valence-corrected chi connectivity index (χ4v) is 1.63. The van der Waals surface area contributed by atoms with E-state index >= 15 is 0 Å². The van der Waals surface area contributed by atoms with Crippen molar-refractivity contribution in [2.24, 2.45) is 5.92 Å². The van der Waals surface area contributed by atoms with E-state index < -0.39 is 0 Å². The Morgan fingerprint density at radius 1 is 1.19 bits per heavy atom. The monoisotopic (exact) mass is 215 g/mol. The van der Waals surface area contributed by atoms with E-state index in [4.69, 9.17) is 0 Å². The van der Waals surface area contributed by atoms with Gasteiger partial charge in [-0.15, -0.1) is 0 Å². The SMILES string of the molecule is CC(C)C(C)c1cc(-c2cn[nH]c2)ccn1. The Balaban J connectivity index is 2.34. The summed E-state index contributed by atoms with van der Waals surface area (Å²) in [6.07, 6.45) is 5.61. The van der Waals surface area contributed by atoms with Crippen molar-refractivity contribution in [1.82, 2.24) is 15.2 Å². The number of nitrogens with zero attached hydrogens (tertiary/aromatic N) is 2. The first-order valence-corrected chi connectivity index (χ1v) is 5.63. The van der Waals surface area contributed by atoms with Gasteiger partial charge in [0, 0.05) is 29.6 Å². The summed E-state index contributed by atoms with van der Waals surface area (Å²) in [5.41, 5.74) is 3.43. The van der Waals surface area contributed by atoms with Crippen molar-refractivity contribution in [3.63, 3.8) is 0 Å². The van der Waals surface area contributed by atoms with E-state index in [1.54, 1.807) is 0 Å². The zero-order valence-corrected chi connectivity index (χ0v) is 9.94. The third-order valence-corrected chi connectivity index (χ3v) is 3.08. The maximum atomic E-state index is 4.44. The number of hydrogen-bond donors (Lipinski definition) is 1. The lowest BCUT2D eigenvalue weighted by molar-refractivity contribution is 0.524. The maximum absolute atomic E-state index is 4.44. The van der Waals surface area contributed by atoms with Crippen LogP contribution in [0.5, 0.6) is 0 Å². The molecule has 0 aromatic carbocycles. The highest BCUT2D eigenvalue weighted by Gasteiger charge is 2.12. The van der Waals surface area contributed by atoms with Gasteiger partial charge in [0.15, 0.2) is 0 Å². The van der Waals surface area contributed by atoms with E-state index in [2.05, 4.69) is 42.0 Å². The molecule has 0 spiro atoms. The lowest BCUT2D eigenvalue weighted by Crippen LogP contribution is -2.04. The van der Waals surface area contributed by atoms with Gasteiger partial charge in [0.25, 0.3) is 0 Å². The first-order chi connectivity index (χ1) is 7.68. The first-order valence-electron chi connectivity index (χ1n) is 5.63. The number of pyridine rings is 1. The summed E-state index contributed by atoms with van der Waals surface area (Å²) >= 11 is 0. The third kappa shape index (κ3) is 2.13. The quantitative estimate of drug-likeness (QED) is 0.854. The molecule has 16 heavy (non-hydrogen) atoms. The Hall–Kier alpha value is -1.64. The van der Waals surface area contributed by atoms with Crippen LogP contribution in [0.15, 0.2) is 30.7 Å². The number of hydrogen-bond acceptors (Lipinski definition) is 2. The van der Waals surface area contributed by atoms with Gasteiger partial charge in [-0.2, -0.15) is 5.10 Å². The molecule has 0 saturated heterocycles. The van der Waals surface area contributed by atoms with Crippen LogP contribution in [-0.4, -0.2) is 15.2 Å². The molecule has 2 heterocycles. The second kappa shape index (κ2) is 4.47. The van der Waals surface area contributed by atoms with Gasteiger partial charge in [-0.05, 0) is 23.6 Å². The Labute approximate surface area is 95.9 Å². The van der Waals surface area contributed by atoms with Crippen LogP contribution in [0.1, 0.15) is 32.4 Å². The molecule has 0 amide bonds. The van der Waals surface area contributed by atoms with Crippen molar-refractivity contribution in [3.05, 3.63) is 36.4 Å². The summed E-state index contributed by atoms with van der Waals surface area (Å²) in [4.78, 5) is 4.44. The molecule has 0 fully saturated rings. The molecule has 2 aromatic heterocycles. The highest BCUT2D eigenvalue weighted by molar-refractivity contribution is 5.61. The first kappa shape index (κ1) is 10.9. The second-order valence-corrected chi connectivity index (χ2v) is 4.49. The fourth-order valence-electron chi connectivity index (χ4n) is 1.63. The van der Waals surface area contributed by atoms with Crippen LogP contribution in [-0.2, 0) is 0 Å². The minimum Gasteiger partial charge on any atom is -0.285 e. The molecule has 0 bridgehead atoms. The Bertz CT molecular complexity index is 446. The summed E-state index contributed by atoms with van der Waals surface area (Å²) < 4.78 is 0. The number of H-pyrrole nitrogens is 1. The van der Waals surface area contributed by atoms with Gasteiger partial charge in [0.1, 0.15) is 0 Å². The number of rotatable bonds is 3. The van der Waals surface area contributed by atoms with E-state index in [1.165, 1.54) is 5.56 Å². The maximum Gasteiger partial charge on any atom is 0.0565 e. The molecule has 3 nitrogen and oxygen atoms in total. The molecular weight excluding hydrogens is 198 g/mol. The number of aromatic nitrogens is 3. The molecule has 0 aliphatic carbocycles. The molecule has 0 aliphatic rings. The predicted molar refractivity (Wildman–Crippen MR) is 65.1 cm³/mol. The Morgan fingerprint density at radius 2 is 2.00 bits per heavy atom. The third-order valence-electron chi connectivity index (χ3n) is 3.08. The van der Waals surface area contributed by atoms with Crippen molar-refractivity contribution < 1.29 is 0 Å². The lowest BCUT2D eigenvalue weighted by atomic mass is 9.93. The average Bonchev–Trinajstić information content (AvgIpc) is 2.81. The van der Waals surface area contributed by atoms with Crippen molar-refractivity contribution in [3.8, 4) is 11.1 Å². The number of aromatic amines is 1. The van der Waals surface area contributed by atoms with E-state index in [1.807, 2.05) is 24.7 Å². The Morgan fingerprint density at radius 3 is 2.62 bits per heavy atom. The highest BCUT2D eigenvalue weighted by atomic mass is 15.1. The topological polar surface area (TPSA) is 41.6 Å². The molecule has 0 saturated carbocycles. The standard InChI is InChI=1S/C13H17N3/c1-9(2)10(3)13-6-11(4-5-14-13)12-7-15-16-8-12/h4-10H,1-3H3,(H,15,16). The van der Waals surface area contributed by atoms with Gasteiger partial charge in [-0.3, -0.25) is 10.1 Å². The molecule has 0 radical (unpaired) electrons. The molecule has 84 valence electrons. The van der Waals surface area contributed by atoms with Gasteiger partial charge < -0.3 is 0 Å². The molecule has 2 rings (SSSR count). The van der Waals surface area contributed by atoms with Gasteiger partial charge in [0.05, 0.1) is 6.20 Å². The van der Waals surface area contributed by atoms with Crippen molar-refractivity contribution >= 4 is 0 Å². The molecule has 1 N–H and O–H groups in total. The second-order valence-electron chi connectivity index (χ2n) is 4.49. The van der Waals surface area contributed by atoms with E-state index in [9.17, 15) is 0 Å². The average molecular weight is 215 g/mol. The largest absolute Gasteiger partial charge is 0.285 e. The van der Waals surface area contributed by atoms with E-state index in [0.29, 0.717) is 11.8 Å². The molecular formula is C13H17N3. The van der Waals surface area contributed by atoms with Crippen LogP contribution in [0, 0.1) is 5.92 Å². The highest BCUT2D eigenvalue weighted by Crippen LogP contribution is 2.25. The fraction of sp³-hybridized carbons (Fsp3) is 0.385. The number of nitrogens with one attached hydrogen (secondary N) is 1. The Kier molecular flexibility index (Phi) is 3.04. The van der Waals surface area contributed by atoms with Crippen LogP contribution >= 0.6 is 0 Å². The van der Waals surface area contributed by atoms with Gasteiger partial charge in [0.2, 0.25) is 0 Å². The molecule has 1 unspecified atom stereocenters. The van der Waals surface area contributed by atoms with Gasteiger partial charge >= 0.3 is 0 Å².